The number of nitrogens with one attached hydrogen (secondary N) is 1. The SMILES string of the molecule is CCC(CCO)CNS(=O)(=O)c1cc(N)cc(Br)c1F. The van der Waals surface area contributed by atoms with E-state index in [9.17, 15) is 12.8 Å². The summed E-state index contributed by atoms with van der Waals surface area (Å²) >= 11 is 2.93. The van der Waals surface area contributed by atoms with Crippen LogP contribution in [0.1, 0.15) is 19.8 Å². The molecule has 0 heterocycles. The molecule has 0 aliphatic carbocycles. The van der Waals surface area contributed by atoms with Gasteiger partial charge in [0.15, 0.2) is 5.82 Å². The van der Waals surface area contributed by atoms with Gasteiger partial charge in [-0.15, -0.1) is 0 Å². The fourth-order valence-electron chi connectivity index (χ4n) is 1.72. The molecule has 1 aromatic carbocycles. The molecule has 0 aromatic heterocycles. The highest BCUT2D eigenvalue weighted by Gasteiger charge is 2.22. The van der Waals surface area contributed by atoms with Crippen LogP contribution in [0.5, 0.6) is 0 Å². The van der Waals surface area contributed by atoms with Gasteiger partial charge in [0.25, 0.3) is 0 Å². The Labute approximate surface area is 126 Å². The van der Waals surface area contributed by atoms with Gasteiger partial charge in [-0.3, -0.25) is 0 Å². The molecule has 0 amide bonds. The van der Waals surface area contributed by atoms with E-state index in [0.29, 0.717) is 12.8 Å². The monoisotopic (exact) mass is 368 g/mol. The normalized spacial score (nSPS) is 13.4. The zero-order valence-corrected chi connectivity index (χ0v) is 13.5. The molecule has 20 heavy (non-hydrogen) atoms. The van der Waals surface area contributed by atoms with Crippen LogP contribution in [0.25, 0.3) is 0 Å². The number of halogens is 2. The number of sulfonamides is 1. The maximum absolute atomic E-state index is 13.9. The first-order valence-corrected chi connectivity index (χ1v) is 8.44. The first-order valence-electron chi connectivity index (χ1n) is 6.16. The van der Waals surface area contributed by atoms with Crippen LogP contribution in [0.15, 0.2) is 21.5 Å². The van der Waals surface area contributed by atoms with Gasteiger partial charge in [0.1, 0.15) is 4.90 Å². The third kappa shape index (κ3) is 4.41. The average Bonchev–Trinajstić information content (AvgIpc) is 2.38. The Balaban J connectivity index is 2.94. The van der Waals surface area contributed by atoms with Crippen LogP contribution in [-0.4, -0.2) is 26.7 Å². The number of hydrogen-bond donors (Lipinski definition) is 3. The minimum absolute atomic E-state index is 0.000254. The molecule has 5 nitrogen and oxygen atoms in total. The van der Waals surface area contributed by atoms with Gasteiger partial charge in [-0.1, -0.05) is 13.3 Å². The highest BCUT2D eigenvalue weighted by Crippen LogP contribution is 2.26. The van der Waals surface area contributed by atoms with Crippen LogP contribution >= 0.6 is 15.9 Å². The largest absolute Gasteiger partial charge is 0.399 e. The third-order valence-electron chi connectivity index (χ3n) is 2.98. The van der Waals surface area contributed by atoms with Crippen molar-refractivity contribution in [1.29, 1.82) is 0 Å². The zero-order valence-electron chi connectivity index (χ0n) is 11.1. The molecule has 0 fully saturated rings. The second-order valence-corrected chi connectivity index (χ2v) is 7.04. The lowest BCUT2D eigenvalue weighted by Crippen LogP contribution is -2.30. The van der Waals surface area contributed by atoms with E-state index in [1.807, 2.05) is 6.92 Å². The van der Waals surface area contributed by atoms with E-state index in [0.717, 1.165) is 6.07 Å². The van der Waals surface area contributed by atoms with Crippen molar-refractivity contribution in [3.8, 4) is 0 Å². The quantitative estimate of drug-likeness (QED) is 0.640. The topological polar surface area (TPSA) is 92.4 Å². The van der Waals surface area contributed by atoms with Crippen molar-refractivity contribution in [2.45, 2.75) is 24.7 Å². The predicted octanol–water partition coefficient (Wildman–Crippen LogP) is 1.86. The van der Waals surface area contributed by atoms with Gasteiger partial charge in [0.05, 0.1) is 4.47 Å². The molecule has 114 valence electrons. The lowest BCUT2D eigenvalue weighted by Gasteiger charge is -2.15. The van der Waals surface area contributed by atoms with E-state index in [1.54, 1.807) is 0 Å². The second kappa shape index (κ2) is 7.35. The van der Waals surface area contributed by atoms with E-state index >= 15 is 0 Å². The molecule has 0 radical (unpaired) electrons. The molecule has 1 rings (SSSR count). The molecule has 0 aliphatic rings. The molecule has 0 bridgehead atoms. The summed E-state index contributed by atoms with van der Waals surface area (Å²) in [6, 6.07) is 2.38. The van der Waals surface area contributed by atoms with Crippen LogP contribution in [-0.2, 0) is 10.0 Å². The van der Waals surface area contributed by atoms with Gasteiger partial charge in [-0.25, -0.2) is 17.5 Å². The lowest BCUT2D eigenvalue weighted by atomic mass is 10.0. The summed E-state index contributed by atoms with van der Waals surface area (Å²) in [5.74, 6) is -0.871. The van der Waals surface area contributed by atoms with E-state index in [2.05, 4.69) is 20.7 Å². The number of nitrogen functional groups attached to an aromatic ring is 1. The van der Waals surface area contributed by atoms with Crippen molar-refractivity contribution in [3.05, 3.63) is 22.4 Å². The number of aliphatic hydroxyl groups excluding tert-OH is 1. The van der Waals surface area contributed by atoms with Gasteiger partial charge in [0, 0.05) is 18.8 Å². The standard InChI is InChI=1S/C12H18BrFN2O3S/c1-2-8(3-4-17)7-16-20(18,19)11-6-9(15)5-10(13)12(11)14/h5-6,8,16-17H,2-4,7,15H2,1H3. The Bertz CT molecular complexity index is 566. The van der Waals surface area contributed by atoms with E-state index in [-0.39, 0.29) is 29.2 Å². The summed E-state index contributed by atoms with van der Waals surface area (Å²) in [5, 5.41) is 8.87. The summed E-state index contributed by atoms with van der Waals surface area (Å²) < 4.78 is 40.4. The molecule has 0 spiro atoms. The number of anilines is 1. The average molecular weight is 369 g/mol. The molecule has 1 atom stereocenters. The smallest absolute Gasteiger partial charge is 0.243 e. The van der Waals surface area contributed by atoms with Crippen molar-refractivity contribution < 1.29 is 17.9 Å². The fourth-order valence-corrected chi connectivity index (χ4v) is 3.57. The highest BCUT2D eigenvalue weighted by atomic mass is 79.9. The van der Waals surface area contributed by atoms with Crippen LogP contribution in [0.2, 0.25) is 0 Å². The van der Waals surface area contributed by atoms with Crippen LogP contribution in [0.4, 0.5) is 10.1 Å². The van der Waals surface area contributed by atoms with Crippen molar-refractivity contribution >= 4 is 31.6 Å². The van der Waals surface area contributed by atoms with Crippen LogP contribution in [0, 0.1) is 11.7 Å². The summed E-state index contributed by atoms with van der Waals surface area (Å²) in [7, 11) is -3.98. The van der Waals surface area contributed by atoms with Gasteiger partial charge in [0.2, 0.25) is 10.0 Å². The first-order chi connectivity index (χ1) is 9.31. The Hall–Kier alpha value is -0.700. The van der Waals surface area contributed by atoms with Gasteiger partial charge < -0.3 is 10.8 Å². The predicted molar refractivity (Wildman–Crippen MR) is 79.2 cm³/mol. The third-order valence-corrected chi connectivity index (χ3v) is 4.98. The zero-order chi connectivity index (χ0) is 15.3. The summed E-state index contributed by atoms with van der Waals surface area (Å²) in [6.07, 6.45) is 1.20. The van der Waals surface area contributed by atoms with Gasteiger partial charge >= 0.3 is 0 Å². The summed E-state index contributed by atoms with van der Waals surface area (Å²) in [4.78, 5) is -0.483. The highest BCUT2D eigenvalue weighted by molar-refractivity contribution is 9.10. The molecule has 0 aliphatic heterocycles. The fraction of sp³-hybridized carbons (Fsp3) is 0.500. The number of benzene rings is 1. The molecule has 0 saturated heterocycles. The van der Waals surface area contributed by atoms with Gasteiger partial charge in [-0.05, 0) is 40.4 Å². The van der Waals surface area contributed by atoms with Crippen molar-refractivity contribution in [2.24, 2.45) is 5.92 Å². The number of nitrogens with two attached hydrogens (primary N) is 1. The van der Waals surface area contributed by atoms with Crippen molar-refractivity contribution in [3.63, 3.8) is 0 Å². The van der Waals surface area contributed by atoms with Crippen molar-refractivity contribution in [1.82, 2.24) is 4.72 Å². The minimum atomic E-state index is -3.98. The lowest BCUT2D eigenvalue weighted by molar-refractivity contribution is 0.254. The van der Waals surface area contributed by atoms with E-state index in [1.165, 1.54) is 6.07 Å². The molecule has 8 heteroatoms. The molecular weight excluding hydrogens is 351 g/mol. The Kier molecular flexibility index (Phi) is 6.38. The minimum Gasteiger partial charge on any atom is -0.399 e. The molecule has 4 N–H and O–H groups in total. The van der Waals surface area contributed by atoms with Gasteiger partial charge in [-0.2, -0.15) is 0 Å². The second-order valence-electron chi connectivity index (χ2n) is 4.45. The first kappa shape index (κ1) is 17.4. The Morgan fingerprint density at radius 3 is 2.70 bits per heavy atom. The number of aliphatic hydroxyl groups is 1. The Morgan fingerprint density at radius 2 is 2.15 bits per heavy atom. The summed E-state index contributed by atoms with van der Waals surface area (Å²) in [6.45, 7) is 2.02. The van der Waals surface area contributed by atoms with Crippen LogP contribution in [0.3, 0.4) is 0 Å². The maximum Gasteiger partial charge on any atom is 0.243 e. The molecular formula is C12H18BrFN2O3S. The number of rotatable bonds is 7. The maximum atomic E-state index is 13.9. The Morgan fingerprint density at radius 1 is 1.50 bits per heavy atom. The molecule has 1 aromatic rings. The van der Waals surface area contributed by atoms with Crippen LogP contribution < -0.4 is 10.5 Å². The van der Waals surface area contributed by atoms with E-state index in [4.69, 9.17) is 10.8 Å². The summed E-state index contributed by atoms with van der Waals surface area (Å²) in [5.41, 5.74) is 5.69. The molecule has 0 saturated carbocycles. The van der Waals surface area contributed by atoms with E-state index < -0.39 is 20.7 Å². The molecule has 1 unspecified atom stereocenters. The number of hydrogen-bond acceptors (Lipinski definition) is 4. The van der Waals surface area contributed by atoms with Crippen molar-refractivity contribution in [2.75, 3.05) is 18.9 Å².